The van der Waals surface area contributed by atoms with Crippen molar-refractivity contribution in [1.29, 1.82) is 0 Å². The van der Waals surface area contributed by atoms with E-state index in [1.165, 1.54) is 17.7 Å². The van der Waals surface area contributed by atoms with Crippen LogP contribution in [-0.4, -0.2) is 28.9 Å². The van der Waals surface area contributed by atoms with E-state index in [2.05, 4.69) is 21.8 Å². The fourth-order valence-corrected chi connectivity index (χ4v) is 2.33. The van der Waals surface area contributed by atoms with Crippen LogP contribution in [0.4, 0.5) is 5.82 Å². The Morgan fingerprint density at radius 1 is 1.40 bits per heavy atom. The molecule has 0 saturated heterocycles. The van der Waals surface area contributed by atoms with E-state index in [9.17, 15) is 0 Å². The van der Waals surface area contributed by atoms with Crippen molar-refractivity contribution >= 4 is 17.4 Å². The molecule has 0 saturated carbocycles. The molecule has 4 heteroatoms. The third-order valence-electron chi connectivity index (χ3n) is 2.89. The third-order valence-corrected chi connectivity index (χ3v) is 3.06. The highest BCUT2D eigenvalue weighted by Gasteiger charge is 2.19. The second-order valence-corrected chi connectivity index (χ2v) is 4.12. The standard InChI is InChI=1S/C11H16ClN3/c1-2-15(7-6-12)11-9-4-3-5-10(9)13-8-14-11/h8H,2-7H2,1H3. The van der Waals surface area contributed by atoms with E-state index in [0.29, 0.717) is 5.88 Å². The fourth-order valence-electron chi connectivity index (χ4n) is 2.13. The number of anilines is 1. The van der Waals surface area contributed by atoms with Crippen molar-refractivity contribution < 1.29 is 0 Å². The predicted octanol–water partition coefficient (Wildman–Crippen LogP) is 2.03. The number of rotatable bonds is 4. The maximum absolute atomic E-state index is 5.79. The minimum Gasteiger partial charge on any atom is -0.355 e. The SMILES string of the molecule is CCN(CCCl)c1ncnc2c1CCC2. The molecule has 82 valence electrons. The Morgan fingerprint density at radius 2 is 2.27 bits per heavy atom. The average Bonchev–Trinajstić information content (AvgIpc) is 2.73. The number of halogens is 1. The maximum atomic E-state index is 5.79. The molecule has 0 spiro atoms. The van der Waals surface area contributed by atoms with Crippen LogP contribution in [0.2, 0.25) is 0 Å². The average molecular weight is 226 g/mol. The molecule has 0 bridgehead atoms. The Kier molecular flexibility index (Phi) is 3.41. The van der Waals surface area contributed by atoms with Gasteiger partial charge in [-0.25, -0.2) is 9.97 Å². The monoisotopic (exact) mass is 225 g/mol. The van der Waals surface area contributed by atoms with E-state index in [1.54, 1.807) is 6.33 Å². The number of hydrogen-bond donors (Lipinski definition) is 0. The highest BCUT2D eigenvalue weighted by atomic mass is 35.5. The van der Waals surface area contributed by atoms with Crippen LogP contribution >= 0.6 is 11.6 Å². The molecule has 1 aliphatic carbocycles. The van der Waals surface area contributed by atoms with Crippen LogP contribution in [-0.2, 0) is 12.8 Å². The summed E-state index contributed by atoms with van der Waals surface area (Å²) >= 11 is 5.79. The first-order chi connectivity index (χ1) is 7.36. The minimum absolute atomic E-state index is 0.645. The molecule has 0 aromatic carbocycles. The fraction of sp³-hybridized carbons (Fsp3) is 0.636. The van der Waals surface area contributed by atoms with Crippen molar-refractivity contribution in [3.8, 4) is 0 Å². The van der Waals surface area contributed by atoms with Crippen molar-refractivity contribution in [2.75, 3.05) is 23.9 Å². The van der Waals surface area contributed by atoms with Gasteiger partial charge in [-0.15, -0.1) is 11.6 Å². The maximum Gasteiger partial charge on any atom is 0.135 e. The molecular formula is C11H16ClN3. The summed E-state index contributed by atoms with van der Waals surface area (Å²) in [6, 6.07) is 0. The van der Waals surface area contributed by atoms with Gasteiger partial charge in [0.25, 0.3) is 0 Å². The van der Waals surface area contributed by atoms with Gasteiger partial charge in [-0.1, -0.05) is 0 Å². The quantitative estimate of drug-likeness (QED) is 0.735. The van der Waals surface area contributed by atoms with Gasteiger partial charge >= 0.3 is 0 Å². The van der Waals surface area contributed by atoms with Gasteiger partial charge in [-0.05, 0) is 26.2 Å². The zero-order valence-electron chi connectivity index (χ0n) is 9.04. The normalized spacial score (nSPS) is 14.0. The van der Waals surface area contributed by atoms with Crippen molar-refractivity contribution in [1.82, 2.24) is 9.97 Å². The zero-order valence-corrected chi connectivity index (χ0v) is 9.80. The minimum atomic E-state index is 0.645. The molecule has 0 radical (unpaired) electrons. The molecule has 0 amide bonds. The predicted molar refractivity (Wildman–Crippen MR) is 62.7 cm³/mol. The first-order valence-corrected chi connectivity index (χ1v) is 6.04. The Morgan fingerprint density at radius 3 is 3.00 bits per heavy atom. The highest BCUT2D eigenvalue weighted by molar-refractivity contribution is 6.18. The van der Waals surface area contributed by atoms with E-state index in [1.807, 2.05) is 0 Å². The Bertz CT molecular complexity index is 341. The van der Waals surface area contributed by atoms with Crippen molar-refractivity contribution in [2.24, 2.45) is 0 Å². The first-order valence-electron chi connectivity index (χ1n) is 5.50. The summed E-state index contributed by atoms with van der Waals surface area (Å²) in [5.41, 5.74) is 2.57. The van der Waals surface area contributed by atoms with Crippen LogP contribution in [0.25, 0.3) is 0 Å². The van der Waals surface area contributed by atoms with Gasteiger partial charge < -0.3 is 4.90 Å². The molecule has 2 rings (SSSR count). The number of aryl methyl sites for hydroxylation is 1. The number of fused-ring (bicyclic) bond motifs is 1. The molecule has 0 aliphatic heterocycles. The summed E-state index contributed by atoms with van der Waals surface area (Å²) in [6.07, 6.45) is 5.10. The van der Waals surface area contributed by atoms with Crippen molar-refractivity contribution in [3.63, 3.8) is 0 Å². The second kappa shape index (κ2) is 4.79. The number of hydrogen-bond acceptors (Lipinski definition) is 3. The summed E-state index contributed by atoms with van der Waals surface area (Å²) in [6.45, 7) is 3.95. The number of alkyl halides is 1. The lowest BCUT2D eigenvalue weighted by Gasteiger charge is -2.22. The van der Waals surface area contributed by atoms with Crippen LogP contribution in [0.3, 0.4) is 0 Å². The molecule has 0 N–H and O–H groups in total. The van der Waals surface area contributed by atoms with Gasteiger partial charge in [-0.3, -0.25) is 0 Å². The summed E-state index contributed by atoms with van der Waals surface area (Å²) in [7, 11) is 0. The van der Waals surface area contributed by atoms with Crippen LogP contribution < -0.4 is 4.90 Å². The van der Waals surface area contributed by atoms with Gasteiger partial charge in [0.2, 0.25) is 0 Å². The van der Waals surface area contributed by atoms with E-state index >= 15 is 0 Å². The number of nitrogens with zero attached hydrogens (tertiary/aromatic N) is 3. The largest absolute Gasteiger partial charge is 0.355 e. The summed E-state index contributed by atoms with van der Waals surface area (Å²) in [5.74, 6) is 1.74. The van der Waals surface area contributed by atoms with E-state index < -0.39 is 0 Å². The van der Waals surface area contributed by atoms with Crippen LogP contribution in [0.15, 0.2) is 6.33 Å². The summed E-state index contributed by atoms with van der Waals surface area (Å²) in [5, 5.41) is 0. The Hall–Kier alpha value is -0.830. The van der Waals surface area contributed by atoms with Gasteiger partial charge in [0.05, 0.1) is 0 Å². The molecule has 15 heavy (non-hydrogen) atoms. The first kappa shape index (κ1) is 10.7. The third kappa shape index (κ3) is 2.07. The van der Waals surface area contributed by atoms with E-state index in [-0.39, 0.29) is 0 Å². The van der Waals surface area contributed by atoms with Gasteiger partial charge in [0.15, 0.2) is 0 Å². The van der Waals surface area contributed by atoms with Crippen LogP contribution in [0, 0.1) is 0 Å². The molecule has 0 fully saturated rings. The summed E-state index contributed by atoms with van der Waals surface area (Å²) < 4.78 is 0. The molecule has 1 aromatic heterocycles. The van der Waals surface area contributed by atoms with Gasteiger partial charge in [0.1, 0.15) is 12.1 Å². The van der Waals surface area contributed by atoms with Crippen LogP contribution in [0.5, 0.6) is 0 Å². The molecule has 1 heterocycles. The Labute approximate surface area is 95.5 Å². The lowest BCUT2D eigenvalue weighted by atomic mass is 10.2. The van der Waals surface area contributed by atoms with Gasteiger partial charge in [0, 0.05) is 30.2 Å². The van der Waals surface area contributed by atoms with Crippen molar-refractivity contribution in [2.45, 2.75) is 26.2 Å². The zero-order chi connectivity index (χ0) is 10.7. The van der Waals surface area contributed by atoms with Gasteiger partial charge in [-0.2, -0.15) is 0 Å². The molecule has 3 nitrogen and oxygen atoms in total. The summed E-state index contributed by atoms with van der Waals surface area (Å²) in [4.78, 5) is 11.0. The molecule has 1 aliphatic rings. The smallest absolute Gasteiger partial charge is 0.135 e. The highest BCUT2D eigenvalue weighted by Crippen LogP contribution is 2.27. The molecular weight excluding hydrogens is 210 g/mol. The molecule has 0 atom stereocenters. The van der Waals surface area contributed by atoms with E-state index in [4.69, 9.17) is 11.6 Å². The number of aromatic nitrogens is 2. The topological polar surface area (TPSA) is 29.0 Å². The lowest BCUT2D eigenvalue weighted by Crippen LogP contribution is -2.27. The molecule has 0 unspecified atom stereocenters. The second-order valence-electron chi connectivity index (χ2n) is 3.74. The van der Waals surface area contributed by atoms with E-state index in [0.717, 1.165) is 31.7 Å². The molecule has 1 aromatic rings. The lowest BCUT2D eigenvalue weighted by molar-refractivity contribution is 0.831. The van der Waals surface area contributed by atoms with Crippen molar-refractivity contribution in [3.05, 3.63) is 17.6 Å². The Balaban J connectivity index is 2.30. The van der Waals surface area contributed by atoms with Crippen LogP contribution in [0.1, 0.15) is 24.6 Å².